The van der Waals surface area contributed by atoms with Gasteiger partial charge in [0.15, 0.2) is 0 Å². The first kappa shape index (κ1) is 18.2. The topological polar surface area (TPSA) is 44.8 Å². The molecule has 0 bridgehead atoms. The number of rotatable bonds is 4. The SMILES string of the molecule is COc1cccc(C(C(=O)N2CCCC(C)C2)N2CCNCC2C)c1. The van der Waals surface area contributed by atoms with Gasteiger partial charge in [0.1, 0.15) is 11.8 Å². The zero-order valence-corrected chi connectivity index (χ0v) is 15.7. The Morgan fingerprint density at radius 3 is 2.88 bits per heavy atom. The van der Waals surface area contributed by atoms with Gasteiger partial charge in [-0.1, -0.05) is 19.1 Å². The summed E-state index contributed by atoms with van der Waals surface area (Å²) in [6.07, 6.45) is 2.33. The van der Waals surface area contributed by atoms with Crippen LogP contribution in [0.3, 0.4) is 0 Å². The molecular weight excluding hydrogens is 314 g/mol. The first-order valence-corrected chi connectivity index (χ1v) is 9.49. The molecule has 2 heterocycles. The van der Waals surface area contributed by atoms with Crippen molar-refractivity contribution in [1.29, 1.82) is 0 Å². The number of piperazine rings is 1. The summed E-state index contributed by atoms with van der Waals surface area (Å²) in [5.41, 5.74) is 1.04. The number of hydrogen-bond acceptors (Lipinski definition) is 4. The molecule has 1 aromatic carbocycles. The number of carbonyl (C=O) groups is 1. The minimum absolute atomic E-state index is 0.225. The van der Waals surface area contributed by atoms with Crippen LogP contribution >= 0.6 is 0 Å². The zero-order chi connectivity index (χ0) is 17.8. The fourth-order valence-corrected chi connectivity index (χ4v) is 4.09. The highest BCUT2D eigenvalue weighted by Crippen LogP contribution is 2.30. The second kappa shape index (κ2) is 8.19. The molecule has 0 saturated carbocycles. The summed E-state index contributed by atoms with van der Waals surface area (Å²) >= 11 is 0. The summed E-state index contributed by atoms with van der Waals surface area (Å²) in [5.74, 6) is 1.64. The smallest absolute Gasteiger partial charge is 0.244 e. The fourth-order valence-electron chi connectivity index (χ4n) is 4.09. The lowest BCUT2D eigenvalue weighted by molar-refractivity contribution is -0.140. The summed E-state index contributed by atoms with van der Waals surface area (Å²) in [7, 11) is 1.68. The van der Waals surface area contributed by atoms with Gasteiger partial charge in [-0.15, -0.1) is 0 Å². The molecule has 5 heteroatoms. The standard InChI is InChI=1S/C20H31N3O2/c1-15-6-5-10-22(14-15)20(24)19(23-11-9-21-13-16(23)2)17-7-4-8-18(12-17)25-3/h4,7-8,12,15-16,19,21H,5-6,9-11,13-14H2,1-3H3. The van der Waals surface area contributed by atoms with Crippen molar-refractivity contribution in [2.75, 3.05) is 39.8 Å². The minimum Gasteiger partial charge on any atom is -0.497 e. The largest absolute Gasteiger partial charge is 0.497 e. The van der Waals surface area contributed by atoms with Gasteiger partial charge in [0.25, 0.3) is 0 Å². The Hall–Kier alpha value is -1.59. The Labute approximate surface area is 151 Å². The van der Waals surface area contributed by atoms with Crippen molar-refractivity contribution < 1.29 is 9.53 Å². The summed E-state index contributed by atoms with van der Waals surface area (Å²) in [6.45, 7) is 8.93. The molecule has 2 aliphatic heterocycles. The normalized spacial score (nSPS) is 26.3. The number of piperidine rings is 1. The number of likely N-dealkylation sites (tertiary alicyclic amines) is 1. The second-order valence-corrected chi connectivity index (χ2v) is 7.50. The van der Waals surface area contributed by atoms with Crippen molar-refractivity contribution in [2.45, 2.75) is 38.8 Å². The zero-order valence-electron chi connectivity index (χ0n) is 15.7. The molecule has 2 saturated heterocycles. The van der Waals surface area contributed by atoms with Crippen molar-refractivity contribution in [3.8, 4) is 5.75 Å². The highest BCUT2D eigenvalue weighted by molar-refractivity contribution is 5.83. The van der Waals surface area contributed by atoms with Gasteiger partial charge in [-0.3, -0.25) is 9.69 Å². The van der Waals surface area contributed by atoms with E-state index in [9.17, 15) is 4.79 Å². The van der Waals surface area contributed by atoms with E-state index in [-0.39, 0.29) is 11.9 Å². The lowest BCUT2D eigenvalue weighted by atomic mass is 9.96. The highest BCUT2D eigenvalue weighted by atomic mass is 16.5. The Balaban J connectivity index is 1.91. The summed E-state index contributed by atoms with van der Waals surface area (Å²) in [4.78, 5) is 17.9. The maximum atomic E-state index is 13.5. The first-order chi connectivity index (χ1) is 12.1. The van der Waals surface area contributed by atoms with E-state index in [0.29, 0.717) is 12.0 Å². The van der Waals surface area contributed by atoms with Gasteiger partial charge in [-0.2, -0.15) is 0 Å². The number of ether oxygens (including phenoxy) is 1. The van der Waals surface area contributed by atoms with E-state index in [4.69, 9.17) is 4.74 Å². The number of nitrogens with one attached hydrogen (secondary N) is 1. The van der Waals surface area contributed by atoms with Gasteiger partial charge >= 0.3 is 0 Å². The van der Waals surface area contributed by atoms with Crippen LogP contribution in [0.25, 0.3) is 0 Å². The van der Waals surface area contributed by atoms with Gasteiger partial charge < -0.3 is 15.0 Å². The maximum absolute atomic E-state index is 13.5. The highest BCUT2D eigenvalue weighted by Gasteiger charge is 2.36. The van der Waals surface area contributed by atoms with Crippen molar-refractivity contribution in [3.05, 3.63) is 29.8 Å². The number of methoxy groups -OCH3 is 1. The third-order valence-corrected chi connectivity index (χ3v) is 5.50. The molecule has 0 aliphatic carbocycles. The number of benzene rings is 1. The minimum atomic E-state index is -0.225. The Bertz CT molecular complexity index is 592. The van der Waals surface area contributed by atoms with E-state index < -0.39 is 0 Å². The van der Waals surface area contributed by atoms with Crippen LogP contribution in [0.4, 0.5) is 0 Å². The van der Waals surface area contributed by atoms with Crippen LogP contribution in [-0.4, -0.2) is 61.6 Å². The number of nitrogens with zero attached hydrogens (tertiary/aromatic N) is 2. The predicted molar refractivity (Wildman–Crippen MR) is 99.8 cm³/mol. The maximum Gasteiger partial charge on any atom is 0.244 e. The van der Waals surface area contributed by atoms with Crippen molar-refractivity contribution in [1.82, 2.24) is 15.1 Å². The first-order valence-electron chi connectivity index (χ1n) is 9.49. The Kier molecular flexibility index (Phi) is 5.97. The van der Waals surface area contributed by atoms with E-state index in [1.165, 1.54) is 6.42 Å². The van der Waals surface area contributed by atoms with Gasteiger partial charge in [-0.25, -0.2) is 0 Å². The molecule has 1 aromatic rings. The van der Waals surface area contributed by atoms with Crippen molar-refractivity contribution in [2.24, 2.45) is 5.92 Å². The molecular formula is C20H31N3O2. The second-order valence-electron chi connectivity index (χ2n) is 7.50. The summed E-state index contributed by atoms with van der Waals surface area (Å²) in [5, 5.41) is 3.43. The van der Waals surface area contributed by atoms with Crippen molar-refractivity contribution >= 4 is 5.91 Å². The molecule has 0 aromatic heterocycles. The van der Waals surface area contributed by atoms with E-state index in [2.05, 4.69) is 35.0 Å². The van der Waals surface area contributed by atoms with E-state index in [1.807, 2.05) is 18.2 Å². The Morgan fingerprint density at radius 2 is 2.16 bits per heavy atom. The van der Waals surface area contributed by atoms with Crippen LogP contribution in [0.1, 0.15) is 38.3 Å². The average molecular weight is 345 g/mol. The predicted octanol–water partition coefficient (Wildman–Crippen LogP) is 2.29. The lowest BCUT2D eigenvalue weighted by Gasteiger charge is -2.42. The number of amides is 1. The molecule has 0 spiro atoms. The van der Waals surface area contributed by atoms with Gasteiger partial charge in [0.2, 0.25) is 5.91 Å². The van der Waals surface area contributed by atoms with Crippen LogP contribution in [0.15, 0.2) is 24.3 Å². The molecule has 25 heavy (non-hydrogen) atoms. The van der Waals surface area contributed by atoms with Gasteiger partial charge in [0.05, 0.1) is 7.11 Å². The number of hydrogen-bond donors (Lipinski definition) is 1. The van der Waals surface area contributed by atoms with Crippen LogP contribution in [-0.2, 0) is 4.79 Å². The third-order valence-electron chi connectivity index (χ3n) is 5.50. The van der Waals surface area contributed by atoms with E-state index in [0.717, 1.165) is 50.5 Å². The van der Waals surface area contributed by atoms with E-state index >= 15 is 0 Å². The van der Waals surface area contributed by atoms with Crippen LogP contribution < -0.4 is 10.1 Å². The molecule has 0 radical (unpaired) electrons. The van der Waals surface area contributed by atoms with Crippen molar-refractivity contribution in [3.63, 3.8) is 0 Å². The fraction of sp³-hybridized carbons (Fsp3) is 0.650. The molecule has 3 unspecified atom stereocenters. The number of carbonyl (C=O) groups excluding carboxylic acids is 1. The lowest BCUT2D eigenvalue weighted by Crippen LogP contribution is -2.55. The van der Waals surface area contributed by atoms with Crippen LogP contribution in [0.2, 0.25) is 0 Å². The quantitative estimate of drug-likeness (QED) is 0.909. The van der Waals surface area contributed by atoms with Crippen LogP contribution in [0.5, 0.6) is 5.75 Å². The summed E-state index contributed by atoms with van der Waals surface area (Å²) in [6, 6.07) is 8.11. The molecule has 2 aliphatic rings. The average Bonchev–Trinajstić information content (AvgIpc) is 2.63. The Morgan fingerprint density at radius 1 is 1.32 bits per heavy atom. The molecule has 3 rings (SSSR count). The van der Waals surface area contributed by atoms with Gasteiger partial charge in [-0.05, 0) is 43.4 Å². The van der Waals surface area contributed by atoms with Crippen LogP contribution in [0, 0.1) is 5.92 Å². The van der Waals surface area contributed by atoms with Gasteiger partial charge in [0, 0.05) is 38.8 Å². The molecule has 138 valence electrons. The molecule has 1 amide bonds. The molecule has 1 N–H and O–H groups in total. The molecule has 2 fully saturated rings. The molecule has 5 nitrogen and oxygen atoms in total. The monoisotopic (exact) mass is 345 g/mol. The molecule has 3 atom stereocenters. The third kappa shape index (κ3) is 4.15. The van der Waals surface area contributed by atoms with E-state index in [1.54, 1.807) is 7.11 Å². The summed E-state index contributed by atoms with van der Waals surface area (Å²) < 4.78 is 5.41.